The maximum absolute atomic E-state index is 10.7. The number of nitrogens with zero attached hydrogens (tertiary/aromatic N) is 2. The molecule has 4 heteroatoms. The number of amides is 1. The Kier molecular flexibility index (Phi) is 1.85. The number of primary amides is 1. The minimum absolute atomic E-state index is 0.246. The van der Waals surface area contributed by atoms with Gasteiger partial charge in [-0.1, -0.05) is 0 Å². The summed E-state index contributed by atoms with van der Waals surface area (Å²) in [5.41, 5.74) is 6.63. The number of aryl methyl sites for hydroxylation is 2. The van der Waals surface area contributed by atoms with E-state index in [0.29, 0.717) is 5.69 Å². The summed E-state index contributed by atoms with van der Waals surface area (Å²) in [4.78, 5) is 18.5. The molecule has 1 amide bonds. The van der Waals surface area contributed by atoms with Gasteiger partial charge in [0, 0.05) is 6.20 Å². The molecule has 0 aliphatic carbocycles. The van der Waals surface area contributed by atoms with Gasteiger partial charge in [-0.05, 0) is 13.8 Å². The van der Waals surface area contributed by atoms with Crippen molar-refractivity contribution in [2.24, 2.45) is 5.73 Å². The quantitative estimate of drug-likeness (QED) is 0.623. The summed E-state index contributed by atoms with van der Waals surface area (Å²) in [7, 11) is 0. The molecule has 0 aliphatic rings. The van der Waals surface area contributed by atoms with Gasteiger partial charge in [-0.25, -0.2) is 4.98 Å². The second kappa shape index (κ2) is 2.65. The molecule has 0 unspecified atom stereocenters. The first-order valence-electron chi connectivity index (χ1n) is 3.21. The number of hydrogen-bond donors (Lipinski definition) is 1. The van der Waals surface area contributed by atoms with Crippen LogP contribution in [0.3, 0.4) is 0 Å². The molecule has 2 N–H and O–H groups in total. The molecule has 4 nitrogen and oxygen atoms in total. The molecule has 0 aliphatic heterocycles. The van der Waals surface area contributed by atoms with E-state index in [1.807, 2.05) is 6.92 Å². The van der Waals surface area contributed by atoms with Crippen LogP contribution in [0.5, 0.6) is 0 Å². The Morgan fingerprint density at radius 1 is 1.55 bits per heavy atom. The van der Waals surface area contributed by atoms with E-state index in [4.69, 9.17) is 5.73 Å². The smallest absolute Gasteiger partial charge is 0.269 e. The van der Waals surface area contributed by atoms with Crippen molar-refractivity contribution in [1.82, 2.24) is 9.97 Å². The molecule has 1 aromatic rings. The van der Waals surface area contributed by atoms with E-state index in [0.717, 1.165) is 5.69 Å². The van der Waals surface area contributed by atoms with Crippen LogP contribution in [-0.4, -0.2) is 15.9 Å². The molecule has 0 aromatic carbocycles. The van der Waals surface area contributed by atoms with E-state index in [9.17, 15) is 4.79 Å². The summed E-state index contributed by atoms with van der Waals surface area (Å²) < 4.78 is 0. The molecule has 58 valence electrons. The first-order valence-corrected chi connectivity index (χ1v) is 3.21. The largest absolute Gasteiger partial charge is 0.364 e. The highest BCUT2D eigenvalue weighted by atomic mass is 16.1. The van der Waals surface area contributed by atoms with Gasteiger partial charge >= 0.3 is 0 Å². The topological polar surface area (TPSA) is 68.9 Å². The molecular formula is C7H9N3O. The Labute approximate surface area is 64.5 Å². The monoisotopic (exact) mass is 151 g/mol. The number of carbonyl (C=O) groups is 1. The second-order valence-corrected chi connectivity index (χ2v) is 2.31. The third kappa shape index (κ3) is 1.52. The molecule has 0 radical (unpaired) electrons. The molecule has 0 fully saturated rings. The highest BCUT2D eigenvalue weighted by Gasteiger charge is 2.06. The van der Waals surface area contributed by atoms with Crippen LogP contribution in [0, 0.1) is 13.8 Å². The van der Waals surface area contributed by atoms with E-state index in [1.165, 1.54) is 6.20 Å². The van der Waals surface area contributed by atoms with Gasteiger partial charge < -0.3 is 5.73 Å². The first kappa shape index (κ1) is 7.65. The summed E-state index contributed by atoms with van der Waals surface area (Å²) in [6.45, 7) is 3.52. The fourth-order valence-corrected chi connectivity index (χ4v) is 0.840. The van der Waals surface area contributed by atoms with Gasteiger partial charge in [0.2, 0.25) is 0 Å². The lowest BCUT2D eigenvalue weighted by atomic mass is 10.3. The fourth-order valence-electron chi connectivity index (χ4n) is 0.840. The normalized spacial score (nSPS) is 9.64. The van der Waals surface area contributed by atoms with Crippen molar-refractivity contribution in [3.63, 3.8) is 0 Å². The predicted molar refractivity (Wildman–Crippen MR) is 40.0 cm³/mol. The SMILES string of the molecule is Cc1cnc(C(N)=O)c(C)n1. The third-order valence-electron chi connectivity index (χ3n) is 1.30. The van der Waals surface area contributed by atoms with Gasteiger partial charge in [-0.3, -0.25) is 9.78 Å². The molecule has 11 heavy (non-hydrogen) atoms. The molecule has 1 aromatic heterocycles. The van der Waals surface area contributed by atoms with Crippen LogP contribution in [0.4, 0.5) is 0 Å². The van der Waals surface area contributed by atoms with Crippen molar-refractivity contribution < 1.29 is 4.79 Å². The average Bonchev–Trinajstić information content (AvgIpc) is 1.85. The van der Waals surface area contributed by atoms with Crippen LogP contribution in [0.25, 0.3) is 0 Å². The lowest BCUT2D eigenvalue weighted by molar-refractivity contribution is 0.0994. The second-order valence-electron chi connectivity index (χ2n) is 2.31. The maximum Gasteiger partial charge on any atom is 0.269 e. The number of nitrogens with two attached hydrogens (primary N) is 1. The Morgan fingerprint density at radius 2 is 2.18 bits per heavy atom. The predicted octanol–water partition coefficient (Wildman–Crippen LogP) is 0.192. The zero-order valence-electron chi connectivity index (χ0n) is 6.46. The standard InChI is InChI=1S/C7H9N3O/c1-4-3-9-6(7(8)11)5(2)10-4/h3H,1-2H3,(H2,8,11). The van der Waals surface area contributed by atoms with Gasteiger partial charge in [-0.15, -0.1) is 0 Å². The molecule has 0 bridgehead atoms. The van der Waals surface area contributed by atoms with Crippen molar-refractivity contribution in [2.75, 3.05) is 0 Å². The van der Waals surface area contributed by atoms with Crippen molar-refractivity contribution in [3.8, 4) is 0 Å². The van der Waals surface area contributed by atoms with Crippen LogP contribution in [-0.2, 0) is 0 Å². The van der Waals surface area contributed by atoms with Gasteiger partial charge in [-0.2, -0.15) is 0 Å². The van der Waals surface area contributed by atoms with E-state index in [1.54, 1.807) is 6.92 Å². The number of rotatable bonds is 1. The van der Waals surface area contributed by atoms with Crippen molar-refractivity contribution in [2.45, 2.75) is 13.8 Å². The molecular weight excluding hydrogens is 142 g/mol. The zero-order chi connectivity index (χ0) is 8.43. The van der Waals surface area contributed by atoms with Crippen LogP contribution < -0.4 is 5.73 Å². The number of hydrogen-bond acceptors (Lipinski definition) is 3. The summed E-state index contributed by atoms with van der Waals surface area (Å²) in [5.74, 6) is -0.532. The summed E-state index contributed by atoms with van der Waals surface area (Å²) in [6.07, 6.45) is 1.52. The lowest BCUT2D eigenvalue weighted by Crippen LogP contribution is -2.15. The Morgan fingerprint density at radius 3 is 2.64 bits per heavy atom. The summed E-state index contributed by atoms with van der Waals surface area (Å²) >= 11 is 0. The molecule has 1 heterocycles. The van der Waals surface area contributed by atoms with E-state index in [-0.39, 0.29) is 5.69 Å². The van der Waals surface area contributed by atoms with E-state index >= 15 is 0 Å². The minimum atomic E-state index is -0.532. The van der Waals surface area contributed by atoms with E-state index in [2.05, 4.69) is 9.97 Å². The van der Waals surface area contributed by atoms with Crippen LogP contribution >= 0.6 is 0 Å². The average molecular weight is 151 g/mol. The van der Waals surface area contributed by atoms with Gasteiger partial charge in [0.15, 0.2) is 0 Å². The first-order chi connectivity index (χ1) is 5.11. The highest BCUT2D eigenvalue weighted by Crippen LogP contribution is 2.00. The summed E-state index contributed by atoms with van der Waals surface area (Å²) in [6, 6.07) is 0. The Bertz CT molecular complexity index is 296. The Hall–Kier alpha value is -1.45. The van der Waals surface area contributed by atoms with Gasteiger partial charge in [0.25, 0.3) is 5.91 Å². The van der Waals surface area contributed by atoms with Crippen molar-refractivity contribution in [1.29, 1.82) is 0 Å². The number of carbonyl (C=O) groups excluding carboxylic acids is 1. The maximum atomic E-state index is 10.7. The summed E-state index contributed by atoms with van der Waals surface area (Å²) in [5, 5.41) is 0. The van der Waals surface area contributed by atoms with E-state index < -0.39 is 5.91 Å². The van der Waals surface area contributed by atoms with Gasteiger partial charge in [0.05, 0.1) is 11.4 Å². The molecule has 0 saturated heterocycles. The molecule has 0 saturated carbocycles. The van der Waals surface area contributed by atoms with Crippen molar-refractivity contribution >= 4 is 5.91 Å². The fraction of sp³-hybridized carbons (Fsp3) is 0.286. The molecule has 0 spiro atoms. The zero-order valence-corrected chi connectivity index (χ0v) is 6.46. The molecule has 1 rings (SSSR count). The van der Waals surface area contributed by atoms with Crippen molar-refractivity contribution in [3.05, 3.63) is 23.3 Å². The minimum Gasteiger partial charge on any atom is -0.364 e. The highest BCUT2D eigenvalue weighted by molar-refractivity contribution is 5.91. The Balaban J connectivity index is 3.20. The third-order valence-corrected chi connectivity index (χ3v) is 1.30. The van der Waals surface area contributed by atoms with Gasteiger partial charge in [0.1, 0.15) is 5.69 Å². The lowest BCUT2D eigenvalue weighted by Gasteiger charge is -1.98. The van der Waals surface area contributed by atoms with Crippen LogP contribution in [0.1, 0.15) is 21.9 Å². The van der Waals surface area contributed by atoms with Crippen LogP contribution in [0.2, 0.25) is 0 Å². The van der Waals surface area contributed by atoms with Crippen LogP contribution in [0.15, 0.2) is 6.20 Å². The number of aromatic nitrogens is 2. The molecule has 0 atom stereocenters.